The van der Waals surface area contributed by atoms with E-state index in [1.165, 1.54) is 44.9 Å². The van der Waals surface area contributed by atoms with Crippen molar-refractivity contribution >= 4 is 15.7 Å². The molecular formula is C22H45NO4Si. The number of ether oxygens (including phenoxy) is 2. The molecule has 5 nitrogen and oxygen atoms in total. The molecule has 1 aliphatic heterocycles. The molecule has 1 rings (SSSR count). The van der Waals surface area contributed by atoms with Gasteiger partial charge < -0.3 is 19.6 Å². The van der Waals surface area contributed by atoms with E-state index < -0.39 is 15.2 Å². The standard InChI is InChI=1S/C22H45NO4Si/c1-2-3-4-5-6-7-8-9-11-16-21(24)27-22(17-12-15-19-25-22)28-26-20-14-10-13-18-23/h2-20,23,28H2,1H3. The number of nitrogens with two attached hydrogens (primary N) is 1. The minimum Gasteiger partial charge on any atom is -0.435 e. The van der Waals surface area contributed by atoms with Crippen LogP contribution in [0.3, 0.4) is 0 Å². The Morgan fingerprint density at radius 2 is 1.64 bits per heavy atom. The third kappa shape index (κ3) is 12.9. The zero-order chi connectivity index (χ0) is 20.3. The highest BCUT2D eigenvalue weighted by Crippen LogP contribution is 2.26. The minimum atomic E-state index is -1.06. The highest BCUT2D eigenvalue weighted by Gasteiger charge is 2.38. The van der Waals surface area contributed by atoms with Gasteiger partial charge in [0.2, 0.25) is 15.2 Å². The van der Waals surface area contributed by atoms with Crippen LogP contribution in [-0.2, 0) is 18.7 Å². The number of rotatable bonds is 18. The number of hydrogen-bond acceptors (Lipinski definition) is 5. The second-order valence-corrected chi connectivity index (χ2v) is 9.94. The third-order valence-electron chi connectivity index (χ3n) is 5.42. The van der Waals surface area contributed by atoms with E-state index in [0.717, 1.165) is 64.5 Å². The minimum absolute atomic E-state index is 0.107. The molecule has 0 saturated carbocycles. The lowest BCUT2D eigenvalue weighted by Crippen LogP contribution is -2.47. The van der Waals surface area contributed by atoms with Crippen molar-refractivity contribution in [2.24, 2.45) is 5.73 Å². The number of unbranched alkanes of at least 4 members (excludes halogenated alkanes) is 10. The first-order valence-electron chi connectivity index (χ1n) is 11.9. The summed E-state index contributed by atoms with van der Waals surface area (Å²) in [7, 11) is -1.06. The van der Waals surface area contributed by atoms with E-state index in [4.69, 9.17) is 19.6 Å². The average Bonchev–Trinajstić information content (AvgIpc) is 2.70. The predicted molar refractivity (Wildman–Crippen MR) is 118 cm³/mol. The molecule has 28 heavy (non-hydrogen) atoms. The van der Waals surface area contributed by atoms with Gasteiger partial charge in [-0.3, -0.25) is 4.79 Å². The molecule has 1 unspecified atom stereocenters. The van der Waals surface area contributed by atoms with Crippen LogP contribution in [0.2, 0.25) is 0 Å². The van der Waals surface area contributed by atoms with E-state index in [0.29, 0.717) is 13.0 Å². The van der Waals surface area contributed by atoms with Gasteiger partial charge in [0.15, 0.2) is 0 Å². The van der Waals surface area contributed by atoms with Gasteiger partial charge in [0.1, 0.15) is 0 Å². The van der Waals surface area contributed by atoms with Gasteiger partial charge in [0, 0.05) is 19.4 Å². The van der Waals surface area contributed by atoms with Crippen LogP contribution in [0.4, 0.5) is 0 Å². The Labute approximate surface area is 175 Å². The Kier molecular flexibility index (Phi) is 15.9. The van der Waals surface area contributed by atoms with Crippen LogP contribution in [-0.4, -0.2) is 40.9 Å². The van der Waals surface area contributed by atoms with Gasteiger partial charge in [-0.25, -0.2) is 0 Å². The maximum atomic E-state index is 12.3. The van der Waals surface area contributed by atoms with Crippen molar-refractivity contribution in [3.8, 4) is 0 Å². The average molecular weight is 416 g/mol. The molecule has 0 aromatic heterocycles. The molecule has 1 saturated heterocycles. The van der Waals surface area contributed by atoms with Crippen LogP contribution < -0.4 is 5.73 Å². The normalized spacial score (nSPS) is 20.1. The van der Waals surface area contributed by atoms with Gasteiger partial charge in [-0.2, -0.15) is 0 Å². The third-order valence-corrected chi connectivity index (χ3v) is 7.05. The van der Waals surface area contributed by atoms with Crippen LogP contribution in [0.1, 0.15) is 110 Å². The largest absolute Gasteiger partial charge is 0.435 e. The summed E-state index contributed by atoms with van der Waals surface area (Å²) in [5, 5.41) is 0. The molecule has 0 aliphatic carbocycles. The lowest BCUT2D eigenvalue weighted by Gasteiger charge is -2.36. The van der Waals surface area contributed by atoms with E-state index in [2.05, 4.69) is 6.92 Å². The van der Waals surface area contributed by atoms with E-state index in [1.807, 2.05) is 0 Å². The summed E-state index contributed by atoms with van der Waals surface area (Å²) < 4.78 is 17.7. The summed E-state index contributed by atoms with van der Waals surface area (Å²) in [6.07, 6.45) is 17.8. The van der Waals surface area contributed by atoms with Crippen molar-refractivity contribution in [2.75, 3.05) is 19.8 Å². The lowest BCUT2D eigenvalue weighted by molar-refractivity contribution is -0.211. The topological polar surface area (TPSA) is 70.8 Å². The van der Waals surface area contributed by atoms with Crippen molar-refractivity contribution in [2.45, 2.75) is 115 Å². The van der Waals surface area contributed by atoms with E-state index in [1.54, 1.807) is 0 Å². The molecule has 1 aliphatic rings. The Balaban J connectivity index is 2.15. The fourth-order valence-corrected chi connectivity index (χ4v) is 5.14. The molecule has 6 heteroatoms. The van der Waals surface area contributed by atoms with Crippen LogP contribution in [0, 0.1) is 0 Å². The quantitative estimate of drug-likeness (QED) is 0.202. The van der Waals surface area contributed by atoms with Crippen molar-refractivity contribution in [3.05, 3.63) is 0 Å². The summed E-state index contributed by atoms with van der Waals surface area (Å²) in [4.78, 5) is 12.3. The summed E-state index contributed by atoms with van der Waals surface area (Å²) in [6, 6.07) is 0. The summed E-state index contributed by atoms with van der Waals surface area (Å²) in [5.74, 6) is -0.107. The van der Waals surface area contributed by atoms with Crippen LogP contribution >= 0.6 is 0 Å². The number of hydrogen-bond donors (Lipinski definition) is 1. The molecule has 1 fully saturated rings. The van der Waals surface area contributed by atoms with Gasteiger partial charge >= 0.3 is 5.97 Å². The first-order chi connectivity index (χ1) is 13.7. The Hall–Kier alpha value is -0.433. The molecule has 0 bridgehead atoms. The monoisotopic (exact) mass is 415 g/mol. The SMILES string of the molecule is CCCCCCCCCCCC(=O)OC1([SiH2]OCCCCCN)CCCCO1. The molecule has 0 aromatic carbocycles. The highest BCUT2D eigenvalue weighted by atomic mass is 28.2. The maximum Gasteiger partial charge on any atom is 0.308 e. The first kappa shape index (κ1) is 25.6. The summed E-state index contributed by atoms with van der Waals surface area (Å²) in [6.45, 7) is 4.39. The fraction of sp³-hybridized carbons (Fsp3) is 0.955. The lowest BCUT2D eigenvalue weighted by atomic mass is 10.1. The molecule has 0 amide bonds. The maximum absolute atomic E-state index is 12.3. The van der Waals surface area contributed by atoms with Crippen molar-refractivity contribution in [3.63, 3.8) is 0 Å². The highest BCUT2D eigenvalue weighted by molar-refractivity contribution is 6.31. The molecule has 0 aromatic rings. The molecule has 0 spiro atoms. The summed E-state index contributed by atoms with van der Waals surface area (Å²) >= 11 is 0. The van der Waals surface area contributed by atoms with Gasteiger partial charge in [0.05, 0.1) is 6.61 Å². The van der Waals surface area contributed by atoms with Gasteiger partial charge in [-0.1, -0.05) is 58.3 Å². The van der Waals surface area contributed by atoms with Gasteiger partial charge in [0.25, 0.3) is 0 Å². The Bertz CT molecular complexity index is 376. The molecule has 0 radical (unpaired) electrons. The van der Waals surface area contributed by atoms with E-state index in [-0.39, 0.29) is 5.97 Å². The van der Waals surface area contributed by atoms with Gasteiger partial charge in [-0.15, -0.1) is 0 Å². The second kappa shape index (κ2) is 17.4. The first-order valence-corrected chi connectivity index (χ1v) is 13.1. The molecule has 2 N–H and O–H groups in total. The van der Waals surface area contributed by atoms with Crippen molar-refractivity contribution in [1.82, 2.24) is 0 Å². The van der Waals surface area contributed by atoms with E-state index in [9.17, 15) is 4.79 Å². The van der Waals surface area contributed by atoms with Crippen LogP contribution in [0.25, 0.3) is 0 Å². The van der Waals surface area contributed by atoms with Gasteiger partial charge in [-0.05, 0) is 45.1 Å². The smallest absolute Gasteiger partial charge is 0.308 e. The fourth-order valence-electron chi connectivity index (χ4n) is 3.64. The van der Waals surface area contributed by atoms with Crippen LogP contribution in [0.5, 0.6) is 0 Å². The second-order valence-electron chi connectivity index (χ2n) is 8.17. The van der Waals surface area contributed by atoms with Crippen molar-refractivity contribution in [1.29, 1.82) is 0 Å². The molecule has 1 atom stereocenters. The van der Waals surface area contributed by atoms with E-state index >= 15 is 0 Å². The number of esters is 1. The van der Waals surface area contributed by atoms with Crippen molar-refractivity contribution < 1.29 is 18.7 Å². The molecule has 1 heterocycles. The number of carbonyl (C=O) groups is 1. The van der Waals surface area contributed by atoms with Crippen LogP contribution in [0.15, 0.2) is 0 Å². The summed E-state index contributed by atoms with van der Waals surface area (Å²) in [5.41, 5.74) is 4.80. The Morgan fingerprint density at radius 3 is 2.29 bits per heavy atom. The molecule has 166 valence electrons. The number of carbonyl (C=O) groups excluding carboxylic acids is 1. The zero-order valence-electron chi connectivity index (χ0n) is 18.4. The Morgan fingerprint density at radius 1 is 0.964 bits per heavy atom. The zero-order valence-corrected chi connectivity index (χ0v) is 19.8. The molecular weight excluding hydrogens is 370 g/mol. The predicted octanol–water partition coefficient (Wildman–Crippen LogP) is 4.53.